The quantitative estimate of drug-likeness (QED) is 0.827. The molecule has 0 aliphatic carbocycles. The summed E-state index contributed by atoms with van der Waals surface area (Å²) in [6.45, 7) is 1.86. The maximum atomic E-state index is 11.8. The van der Waals surface area contributed by atoms with E-state index in [4.69, 9.17) is 11.6 Å². The van der Waals surface area contributed by atoms with Gasteiger partial charge in [0.2, 0.25) is 5.95 Å². The molecule has 0 radical (unpaired) electrons. The molecule has 2 aromatic heterocycles. The average Bonchev–Trinajstić information content (AvgIpc) is 2.29. The number of hydrogen-bond donors (Lipinski definition) is 1. The highest BCUT2D eigenvalue weighted by Crippen LogP contribution is 2.08. The lowest BCUT2D eigenvalue weighted by Gasteiger charge is -2.03. The second-order valence-electron chi connectivity index (χ2n) is 3.41. The van der Waals surface area contributed by atoms with Crippen LogP contribution in [0, 0.1) is 6.92 Å². The van der Waals surface area contributed by atoms with E-state index in [1.54, 1.807) is 12.3 Å². The van der Waals surface area contributed by atoms with E-state index >= 15 is 0 Å². The number of amides is 1. The number of nitrogens with one attached hydrogen (secondary N) is 1. The molecule has 0 fully saturated rings. The van der Waals surface area contributed by atoms with E-state index in [2.05, 4.69) is 20.3 Å². The van der Waals surface area contributed by atoms with Crippen molar-refractivity contribution in [3.63, 3.8) is 0 Å². The zero-order chi connectivity index (χ0) is 12.3. The number of anilines is 1. The summed E-state index contributed by atoms with van der Waals surface area (Å²) in [4.78, 5) is 23.5. The molecule has 17 heavy (non-hydrogen) atoms. The largest absolute Gasteiger partial charge is 0.290 e. The Labute approximate surface area is 103 Å². The molecule has 1 N–H and O–H groups in total. The van der Waals surface area contributed by atoms with Crippen molar-refractivity contribution in [3.8, 4) is 0 Å². The fraction of sp³-hybridized carbons (Fsp3) is 0.0909. The van der Waals surface area contributed by atoms with Crippen molar-refractivity contribution in [2.24, 2.45) is 0 Å². The second kappa shape index (κ2) is 4.88. The topological polar surface area (TPSA) is 67.8 Å². The standard InChI is InChI=1S/C11H9ClN4O/c1-7-4-8(6-13-5-7)10(17)16-11-14-3-2-9(12)15-11/h2-6H,1H3,(H,14,15,16,17). The molecule has 6 heteroatoms. The molecule has 2 aromatic rings. The van der Waals surface area contributed by atoms with Crippen LogP contribution in [0.25, 0.3) is 0 Å². The molecular weight excluding hydrogens is 240 g/mol. The van der Waals surface area contributed by atoms with Crippen LogP contribution in [0.4, 0.5) is 5.95 Å². The molecule has 5 nitrogen and oxygen atoms in total. The van der Waals surface area contributed by atoms with E-state index in [0.717, 1.165) is 5.56 Å². The Bertz CT molecular complexity index is 559. The zero-order valence-electron chi connectivity index (χ0n) is 9.01. The number of rotatable bonds is 2. The van der Waals surface area contributed by atoms with Crippen LogP contribution in [0.1, 0.15) is 15.9 Å². The van der Waals surface area contributed by atoms with Crippen molar-refractivity contribution in [2.75, 3.05) is 5.32 Å². The minimum atomic E-state index is -0.316. The van der Waals surface area contributed by atoms with Gasteiger partial charge in [-0.2, -0.15) is 0 Å². The van der Waals surface area contributed by atoms with E-state index in [1.165, 1.54) is 18.5 Å². The molecule has 86 valence electrons. The Morgan fingerprint density at radius 1 is 1.41 bits per heavy atom. The summed E-state index contributed by atoms with van der Waals surface area (Å²) in [7, 11) is 0. The van der Waals surface area contributed by atoms with Crippen LogP contribution in [0.2, 0.25) is 5.15 Å². The van der Waals surface area contributed by atoms with Crippen LogP contribution in [-0.4, -0.2) is 20.9 Å². The number of aryl methyl sites for hydroxylation is 1. The summed E-state index contributed by atoms with van der Waals surface area (Å²) >= 11 is 5.68. The smallest absolute Gasteiger partial charge is 0.259 e. The zero-order valence-corrected chi connectivity index (χ0v) is 9.77. The molecule has 0 bridgehead atoms. The molecule has 2 rings (SSSR count). The van der Waals surface area contributed by atoms with E-state index < -0.39 is 0 Å². The van der Waals surface area contributed by atoms with Crippen molar-refractivity contribution in [2.45, 2.75) is 6.92 Å². The lowest BCUT2D eigenvalue weighted by Crippen LogP contribution is -2.14. The number of halogens is 1. The Balaban J connectivity index is 2.17. The van der Waals surface area contributed by atoms with Crippen LogP contribution in [0.3, 0.4) is 0 Å². The van der Waals surface area contributed by atoms with Gasteiger partial charge in [0.05, 0.1) is 5.56 Å². The Kier molecular flexibility index (Phi) is 3.30. The lowest BCUT2D eigenvalue weighted by atomic mass is 10.2. The predicted octanol–water partition coefficient (Wildman–Crippen LogP) is 2.09. The molecule has 0 aromatic carbocycles. The first kappa shape index (κ1) is 11.5. The molecule has 0 unspecified atom stereocenters. The number of pyridine rings is 1. The second-order valence-corrected chi connectivity index (χ2v) is 3.80. The molecule has 2 heterocycles. The normalized spacial score (nSPS) is 10.0. The Hall–Kier alpha value is -2.01. The average molecular weight is 249 g/mol. The van der Waals surface area contributed by atoms with Crippen molar-refractivity contribution in [3.05, 3.63) is 47.0 Å². The van der Waals surface area contributed by atoms with Crippen LogP contribution in [0.5, 0.6) is 0 Å². The maximum Gasteiger partial charge on any atom is 0.259 e. The summed E-state index contributed by atoms with van der Waals surface area (Å²) in [6, 6.07) is 3.26. The molecular formula is C11H9ClN4O. The van der Waals surface area contributed by atoms with E-state index in [-0.39, 0.29) is 17.0 Å². The molecule has 0 saturated heterocycles. The van der Waals surface area contributed by atoms with Crippen LogP contribution in [-0.2, 0) is 0 Å². The van der Waals surface area contributed by atoms with Crippen LogP contribution < -0.4 is 5.32 Å². The number of aromatic nitrogens is 3. The van der Waals surface area contributed by atoms with Crippen molar-refractivity contribution in [1.82, 2.24) is 15.0 Å². The molecule has 1 amide bonds. The number of carbonyl (C=O) groups excluding carboxylic acids is 1. The fourth-order valence-electron chi connectivity index (χ4n) is 1.25. The lowest BCUT2D eigenvalue weighted by molar-refractivity contribution is 0.102. The number of hydrogen-bond acceptors (Lipinski definition) is 4. The highest BCUT2D eigenvalue weighted by molar-refractivity contribution is 6.29. The fourth-order valence-corrected chi connectivity index (χ4v) is 1.39. The summed E-state index contributed by atoms with van der Waals surface area (Å²) in [5, 5.41) is 2.82. The Morgan fingerprint density at radius 2 is 2.24 bits per heavy atom. The van der Waals surface area contributed by atoms with Gasteiger partial charge in [-0.25, -0.2) is 9.97 Å². The van der Waals surface area contributed by atoms with Crippen molar-refractivity contribution < 1.29 is 4.79 Å². The molecule has 0 aliphatic rings. The van der Waals surface area contributed by atoms with Crippen LogP contribution in [0.15, 0.2) is 30.7 Å². The van der Waals surface area contributed by atoms with Gasteiger partial charge in [-0.05, 0) is 24.6 Å². The molecule has 0 aliphatic heterocycles. The summed E-state index contributed by atoms with van der Waals surface area (Å²) < 4.78 is 0. The monoisotopic (exact) mass is 248 g/mol. The third kappa shape index (κ3) is 2.98. The summed E-state index contributed by atoms with van der Waals surface area (Å²) in [5.74, 6) is -0.146. The third-order valence-corrected chi connectivity index (χ3v) is 2.19. The highest BCUT2D eigenvalue weighted by atomic mass is 35.5. The third-order valence-electron chi connectivity index (χ3n) is 1.98. The first-order valence-corrected chi connectivity index (χ1v) is 5.24. The van der Waals surface area contributed by atoms with Gasteiger partial charge in [-0.1, -0.05) is 11.6 Å². The first-order chi connectivity index (χ1) is 8.15. The van der Waals surface area contributed by atoms with Gasteiger partial charge in [0.25, 0.3) is 5.91 Å². The van der Waals surface area contributed by atoms with Gasteiger partial charge in [0, 0.05) is 18.6 Å². The summed E-state index contributed by atoms with van der Waals surface area (Å²) in [5.41, 5.74) is 1.36. The maximum absolute atomic E-state index is 11.8. The van der Waals surface area contributed by atoms with Crippen molar-refractivity contribution >= 4 is 23.5 Å². The van der Waals surface area contributed by atoms with Gasteiger partial charge in [0.15, 0.2) is 0 Å². The molecule has 0 saturated carbocycles. The van der Waals surface area contributed by atoms with Crippen LogP contribution >= 0.6 is 11.6 Å². The SMILES string of the molecule is Cc1cncc(C(=O)Nc2nccc(Cl)n2)c1. The van der Waals surface area contributed by atoms with Gasteiger partial charge >= 0.3 is 0 Å². The molecule has 0 spiro atoms. The van der Waals surface area contributed by atoms with Gasteiger partial charge in [0.1, 0.15) is 5.15 Å². The minimum Gasteiger partial charge on any atom is -0.290 e. The van der Waals surface area contributed by atoms with E-state index in [0.29, 0.717) is 5.56 Å². The van der Waals surface area contributed by atoms with E-state index in [9.17, 15) is 4.79 Å². The molecule has 0 atom stereocenters. The Morgan fingerprint density at radius 3 is 2.94 bits per heavy atom. The predicted molar refractivity (Wildman–Crippen MR) is 64.0 cm³/mol. The van der Waals surface area contributed by atoms with Crippen molar-refractivity contribution in [1.29, 1.82) is 0 Å². The number of nitrogens with zero attached hydrogens (tertiary/aromatic N) is 3. The van der Waals surface area contributed by atoms with Gasteiger partial charge < -0.3 is 0 Å². The van der Waals surface area contributed by atoms with E-state index in [1.807, 2.05) is 6.92 Å². The summed E-state index contributed by atoms with van der Waals surface area (Å²) in [6.07, 6.45) is 4.62. The van der Waals surface area contributed by atoms with Gasteiger partial charge in [-0.3, -0.25) is 15.1 Å². The first-order valence-electron chi connectivity index (χ1n) is 4.87. The number of carbonyl (C=O) groups is 1. The van der Waals surface area contributed by atoms with Gasteiger partial charge in [-0.15, -0.1) is 0 Å². The minimum absolute atomic E-state index is 0.170. The highest BCUT2D eigenvalue weighted by Gasteiger charge is 2.08.